The van der Waals surface area contributed by atoms with Crippen LogP contribution in [-0.2, 0) is 9.53 Å². The third-order valence-corrected chi connectivity index (χ3v) is 1.85. The van der Waals surface area contributed by atoms with Gasteiger partial charge in [0.15, 0.2) is 12.1 Å². The van der Waals surface area contributed by atoms with Crippen LogP contribution in [0.1, 0.15) is 13.3 Å². The van der Waals surface area contributed by atoms with Crippen LogP contribution in [0.15, 0.2) is 0 Å². The van der Waals surface area contributed by atoms with Crippen LogP contribution in [0.25, 0.3) is 0 Å². The van der Waals surface area contributed by atoms with Gasteiger partial charge in [0, 0.05) is 6.42 Å². The van der Waals surface area contributed by atoms with Crippen molar-refractivity contribution >= 4 is 5.78 Å². The van der Waals surface area contributed by atoms with E-state index in [1.807, 2.05) is 0 Å². The average Bonchev–Trinajstić information content (AvgIpc) is 1.96. The van der Waals surface area contributed by atoms with Gasteiger partial charge < -0.3 is 20.1 Å². The van der Waals surface area contributed by atoms with Crippen molar-refractivity contribution in [2.45, 2.75) is 37.9 Å². The first kappa shape index (κ1) is 9.60. The van der Waals surface area contributed by atoms with Crippen molar-refractivity contribution < 1.29 is 24.9 Å². The molecule has 70 valence electrons. The summed E-state index contributed by atoms with van der Waals surface area (Å²) in [6, 6.07) is 0. The summed E-state index contributed by atoms with van der Waals surface area (Å²) in [5, 5.41) is 27.3. The van der Waals surface area contributed by atoms with Gasteiger partial charge >= 0.3 is 0 Å². The lowest BCUT2D eigenvalue weighted by atomic mass is 9.99. The molecule has 0 bridgehead atoms. The number of hydrogen-bond donors (Lipinski definition) is 3. The zero-order chi connectivity index (χ0) is 9.30. The maximum atomic E-state index is 10.8. The number of Topliss-reactive ketones (excluding diaryl/α,β-unsaturated/α-hetero) is 1. The molecule has 1 aliphatic rings. The quantitative estimate of drug-likeness (QED) is 0.448. The van der Waals surface area contributed by atoms with E-state index in [-0.39, 0.29) is 6.42 Å². The van der Waals surface area contributed by atoms with Crippen molar-refractivity contribution in [1.29, 1.82) is 0 Å². The van der Waals surface area contributed by atoms with Crippen molar-refractivity contribution in [2.75, 3.05) is 0 Å². The van der Waals surface area contributed by atoms with Gasteiger partial charge in [0.05, 0.1) is 6.10 Å². The van der Waals surface area contributed by atoms with E-state index in [0.29, 0.717) is 0 Å². The maximum Gasteiger partial charge on any atom is 0.161 e. The minimum atomic E-state index is -1.23. The minimum Gasteiger partial charge on any atom is -0.390 e. The number of carbonyl (C=O) groups excluding carboxylic acids is 1. The fraction of sp³-hybridized carbons (Fsp3) is 0.857. The SMILES string of the molecule is CC(=O)C1OC(O)CC(O)C1O. The number of aliphatic hydroxyl groups excluding tert-OH is 3. The second kappa shape index (κ2) is 3.49. The van der Waals surface area contributed by atoms with Gasteiger partial charge in [-0.25, -0.2) is 0 Å². The molecule has 0 amide bonds. The van der Waals surface area contributed by atoms with Gasteiger partial charge in [0.2, 0.25) is 0 Å². The number of aliphatic hydroxyl groups is 3. The van der Waals surface area contributed by atoms with E-state index in [9.17, 15) is 9.90 Å². The van der Waals surface area contributed by atoms with Crippen LogP contribution in [0.2, 0.25) is 0 Å². The molecule has 12 heavy (non-hydrogen) atoms. The predicted octanol–water partition coefficient (Wildman–Crippen LogP) is -1.60. The number of ether oxygens (including phenoxy) is 1. The molecule has 4 unspecified atom stereocenters. The van der Waals surface area contributed by atoms with E-state index in [2.05, 4.69) is 0 Å². The number of carbonyl (C=O) groups is 1. The highest BCUT2D eigenvalue weighted by atomic mass is 16.6. The normalized spacial score (nSPS) is 42.7. The smallest absolute Gasteiger partial charge is 0.161 e. The number of rotatable bonds is 1. The number of ketones is 1. The van der Waals surface area contributed by atoms with Crippen LogP contribution < -0.4 is 0 Å². The van der Waals surface area contributed by atoms with Crippen LogP contribution in [0.3, 0.4) is 0 Å². The lowest BCUT2D eigenvalue weighted by Crippen LogP contribution is -2.51. The highest BCUT2D eigenvalue weighted by Gasteiger charge is 2.38. The van der Waals surface area contributed by atoms with Crippen molar-refractivity contribution in [3.8, 4) is 0 Å². The van der Waals surface area contributed by atoms with Crippen molar-refractivity contribution in [3.63, 3.8) is 0 Å². The summed E-state index contributed by atoms with van der Waals surface area (Å²) in [5.74, 6) is -0.403. The molecule has 1 fully saturated rings. The largest absolute Gasteiger partial charge is 0.390 e. The van der Waals surface area contributed by atoms with Gasteiger partial charge in [-0.15, -0.1) is 0 Å². The summed E-state index contributed by atoms with van der Waals surface area (Å²) in [6.07, 6.45) is -4.67. The van der Waals surface area contributed by atoms with Gasteiger partial charge in [0.1, 0.15) is 12.2 Å². The molecule has 0 aromatic rings. The third-order valence-electron chi connectivity index (χ3n) is 1.85. The molecular formula is C7H12O5. The Morgan fingerprint density at radius 2 is 2.00 bits per heavy atom. The molecule has 0 spiro atoms. The molecular weight excluding hydrogens is 164 g/mol. The molecule has 5 heteroatoms. The second-order valence-corrected chi connectivity index (χ2v) is 2.92. The Morgan fingerprint density at radius 1 is 1.42 bits per heavy atom. The molecule has 0 aromatic heterocycles. The molecule has 1 aliphatic heterocycles. The zero-order valence-electron chi connectivity index (χ0n) is 6.67. The second-order valence-electron chi connectivity index (χ2n) is 2.92. The fourth-order valence-corrected chi connectivity index (χ4v) is 1.19. The first-order chi connectivity index (χ1) is 5.52. The predicted molar refractivity (Wildman–Crippen MR) is 38.2 cm³/mol. The fourth-order valence-electron chi connectivity index (χ4n) is 1.19. The number of hydrogen-bond acceptors (Lipinski definition) is 5. The summed E-state index contributed by atoms with van der Waals surface area (Å²) in [6.45, 7) is 1.23. The zero-order valence-corrected chi connectivity index (χ0v) is 6.67. The Kier molecular flexibility index (Phi) is 2.79. The molecule has 1 saturated heterocycles. The van der Waals surface area contributed by atoms with Crippen LogP contribution in [0.5, 0.6) is 0 Å². The molecule has 0 aromatic carbocycles. The van der Waals surface area contributed by atoms with Crippen LogP contribution in [0.4, 0.5) is 0 Å². The molecule has 1 rings (SSSR count). The van der Waals surface area contributed by atoms with E-state index in [4.69, 9.17) is 14.9 Å². The van der Waals surface area contributed by atoms with Crippen LogP contribution >= 0.6 is 0 Å². The summed E-state index contributed by atoms with van der Waals surface area (Å²) in [5.41, 5.74) is 0. The Bertz CT molecular complexity index is 181. The molecule has 0 saturated carbocycles. The van der Waals surface area contributed by atoms with Gasteiger partial charge in [-0.05, 0) is 6.92 Å². The van der Waals surface area contributed by atoms with Crippen molar-refractivity contribution in [3.05, 3.63) is 0 Å². The summed E-state index contributed by atoms with van der Waals surface area (Å²) < 4.78 is 4.73. The summed E-state index contributed by atoms with van der Waals surface area (Å²) in [7, 11) is 0. The molecule has 5 nitrogen and oxygen atoms in total. The van der Waals surface area contributed by atoms with Crippen LogP contribution in [0, 0.1) is 0 Å². The van der Waals surface area contributed by atoms with E-state index >= 15 is 0 Å². The summed E-state index contributed by atoms with van der Waals surface area (Å²) >= 11 is 0. The lowest BCUT2D eigenvalue weighted by Gasteiger charge is -2.33. The molecule has 0 radical (unpaired) electrons. The minimum absolute atomic E-state index is 0.0645. The Balaban J connectivity index is 2.66. The standard InChI is InChI=1S/C7H12O5/c1-3(8)7-6(11)4(9)2-5(10)12-7/h4-7,9-11H,2H2,1H3. The highest BCUT2D eigenvalue weighted by Crippen LogP contribution is 2.19. The molecule has 1 heterocycles. The molecule has 3 N–H and O–H groups in total. The van der Waals surface area contributed by atoms with E-state index in [1.165, 1.54) is 6.92 Å². The van der Waals surface area contributed by atoms with Gasteiger partial charge in [-0.3, -0.25) is 4.79 Å². The molecule has 0 aliphatic carbocycles. The Morgan fingerprint density at radius 3 is 2.50 bits per heavy atom. The Labute approximate surface area is 69.6 Å². The van der Waals surface area contributed by atoms with Crippen molar-refractivity contribution in [1.82, 2.24) is 0 Å². The van der Waals surface area contributed by atoms with E-state index in [1.54, 1.807) is 0 Å². The Hall–Kier alpha value is -0.490. The van der Waals surface area contributed by atoms with Crippen LogP contribution in [-0.4, -0.2) is 45.7 Å². The first-order valence-corrected chi connectivity index (χ1v) is 3.72. The first-order valence-electron chi connectivity index (χ1n) is 3.72. The van der Waals surface area contributed by atoms with Crippen molar-refractivity contribution in [2.24, 2.45) is 0 Å². The van der Waals surface area contributed by atoms with Gasteiger partial charge in [-0.2, -0.15) is 0 Å². The molecule has 4 atom stereocenters. The monoisotopic (exact) mass is 176 g/mol. The van der Waals surface area contributed by atoms with Gasteiger partial charge in [0.25, 0.3) is 0 Å². The maximum absolute atomic E-state index is 10.8. The summed E-state index contributed by atoms with van der Waals surface area (Å²) in [4.78, 5) is 10.8. The lowest BCUT2D eigenvalue weighted by molar-refractivity contribution is -0.227. The van der Waals surface area contributed by atoms with Gasteiger partial charge in [-0.1, -0.05) is 0 Å². The van der Waals surface area contributed by atoms with E-state index < -0.39 is 30.4 Å². The average molecular weight is 176 g/mol. The highest BCUT2D eigenvalue weighted by molar-refractivity contribution is 5.81. The topological polar surface area (TPSA) is 87.0 Å². The third kappa shape index (κ3) is 1.81. The van der Waals surface area contributed by atoms with E-state index in [0.717, 1.165) is 0 Å².